The Labute approximate surface area is 135 Å². The second-order valence-electron chi connectivity index (χ2n) is 1.22. The molecule has 0 saturated heterocycles. The van der Waals surface area contributed by atoms with E-state index >= 15 is 0 Å². The van der Waals surface area contributed by atoms with Crippen LogP contribution in [-0.4, -0.2) is 27.3 Å². The molecule has 0 aliphatic rings. The van der Waals surface area contributed by atoms with Crippen molar-refractivity contribution in [3.05, 3.63) is 0 Å². The molecule has 0 heterocycles. The Hall–Kier alpha value is 1.77. The van der Waals surface area contributed by atoms with Gasteiger partial charge in [0.2, 0.25) is 0 Å². The number of hydrogen-bond acceptors (Lipinski definition) is 12. The molecule has 0 aliphatic carbocycles. The predicted molar refractivity (Wildman–Crippen MR) is 9.87 cm³/mol. The minimum Gasteiger partial charge on any atom is 2.00 e. The fourth-order valence-corrected chi connectivity index (χ4v) is 0. The quantitative estimate of drug-likeness (QED) is 0.222. The molecule has 0 rings (SSSR count). The average Bonchev–Trinajstić information content (AvgIpc) is 1.41. The van der Waals surface area contributed by atoms with E-state index in [9.17, 15) is 0 Å². The van der Waals surface area contributed by atoms with Gasteiger partial charge in [-0.15, -0.1) is 0 Å². The van der Waals surface area contributed by atoms with Crippen molar-refractivity contribution in [3.8, 4) is 0 Å². The van der Waals surface area contributed by atoms with Crippen LogP contribution in [0.1, 0.15) is 0 Å². The third kappa shape index (κ3) is 1410. The Morgan fingerprint density at radius 3 is 0.471 bits per heavy atom. The summed E-state index contributed by atoms with van der Waals surface area (Å²) in [6, 6.07) is 0. The maximum atomic E-state index is 8.59. The first-order chi connectivity index (χ1) is 6.00. The van der Waals surface area contributed by atoms with Gasteiger partial charge in [0.25, 0.3) is 0 Å². The molecule has 0 aromatic rings. The van der Waals surface area contributed by atoms with Crippen LogP contribution in [0.3, 0.4) is 0 Å². The van der Waals surface area contributed by atoms with Crippen molar-refractivity contribution in [3.63, 3.8) is 0 Å². The summed E-state index contributed by atoms with van der Waals surface area (Å²) in [5.41, 5.74) is 0. The van der Waals surface area contributed by atoms with Crippen LogP contribution in [-0.2, 0) is 84.7 Å². The maximum Gasteiger partial charge on any atom is 2.00 e. The van der Waals surface area contributed by atoms with Gasteiger partial charge < -0.3 is 0 Å². The van der Waals surface area contributed by atoms with E-state index in [4.69, 9.17) is 47.8 Å². The van der Waals surface area contributed by atoms with Crippen LogP contribution in [0.5, 0.6) is 0 Å². The van der Waals surface area contributed by atoms with Crippen LogP contribution in [0.25, 0.3) is 0 Å². The summed E-state index contributed by atoms with van der Waals surface area (Å²) < 4.78 is 103. The minimum absolute atomic E-state index is 0. The fraction of sp³-hybridized carbons (Fsp3) is 0. The van der Waals surface area contributed by atoms with Gasteiger partial charge in [-0.1, -0.05) is 0 Å². The molecule has 0 fully saturated rings. The zero-order valence-electron chi connectivity index (χ0n) is 7.03. The molecule has 0 aliphatic heterocycles. The SMILES string of the molecule is [Mo+4].[O]=[Cr](=[O])([O-])[O-].[O]=[Cr](=[O])([O-])[O-].[O]=[Cr](=[O])([O-])[O-].[Pb+2]. The molecular formula is Cr3MoO12Pb. The Kier molecular flexibility index (Phi) is 23.5. The van der Waals surface area contributed by atoms with Gasteiger partial charge in [-0.25, -0.2) is 0 Å². The minimum atomic E-state index is -5.75. The Morgan fingerprint density at radius 1 is 0.471 bits per heavy atom. The van der Waals surface area contributed by atoms with Crippen LogP contribution in [0.2, 0.25) is 0 Å². The normalized spacial score (nSPS) is 10.2. The van der Waals surface area contributed by atoms with Gasteiger partial charge in [0.1, 0.15) is 0 Å². The van der Waals surface area contributed by atoms with Gasteiger partial charge in [-0.05, 0) is 0 Å². The molecule has 0 unspecified atom stereocenters. The zero-order valence-corrected chi connectivity index (χ0v) is 16.8. The first-order valence-electron chi connectivity index (χ1n) is 2.00. The third-order valence-corrected chi connectivity index (χ3v) is 0. The summed E-state index contributed by atoms with van der Waals surface area (Å²) in [4.78, 5) is 0. The monoisotopic (exact) mass is 654 g/mol. The summed E-state index contributed by atoms with van der Waals surface area (Å²) in [7, 11) is 0. The topological polar surface area (TPSA) is 241 Å². The van der Waals surface area contributed by atoms with Crippen molar-refractivity contribution in [2.75, 3.05) is 0 Å². The first kappa shape index (κ1) is 31.3. The second-order valence-corrected chi connectivity index (χ2v) is 5.05. The summed E-state index contributed by atoms with van der Waals surface area (Å²) >= 11 is -17.2. The maximum absolute atomic E-state index is 8.59. The van der Waals surface area contributed by atoms with Gasteiger partial charge in [0.15, 0.2) is 0 Å². The van der Waals surface area contributed by atoms with Crippen LogP contribution >= 0.6 is 0 Å². The molecule has 2 radical (unpaired) electrons. The van der Waals surface area contributed by atoms with Gasteiger partial charge in [-0.3, -0.25) is 0 Å². The van der Waals surface area contributed by atoms with E-state index in [2.05, 4.69) is 0 Å². The van der Waals surface area contributed by atoms with Gasteiger partial charge in [-0.2, -0.15) is 0 Å². The summed E-state index contributed by atoms with van der Waals surface area (Å²) in [5.74, 6) is 0. The molecule has 0 bridgehead atoms. The fourth-order valence-electron chi connectivity index (χ4n) is 0. The number of rotatable bonds is 0. The van der Waals surface area contributed by atoms with E-state index in [1.165, 1.54) is 0 Å². The van der Waals surface area contributed by atoms with Crippen molar-refractivity contribution < 1.29 is 110 Å². The van der Waals surface area contributed by atoms with E-state index in [-0.39, 0.29) is 48.4 Å². The molecule has 0 amide bonds. The largest absolute Gasteiger partial charge is 2.00 e. The molecular weight excluding hydrogens is 651 g/mol. The van der Waals surface area contributed by atoms with Crippen molar-refractivity contribution in [2.24, 2.45) is 0 Å². The van der Waals surface area contributed by atoms with Crippen LogP contribution in [0, 0.1) is 0 Å². The second kappa shape index (κ2) is 12.8. The molecule has 100 valence electrons. The molecule has 12 nitrogen and oxygen atoms in total. The standard InChI is InChI=1S/3Cr.Mo.12O.Pb/q;;;+4;;;;;;;6*-1;+2. The molecule has 0 aromatic heterocycles. The Morgan fingerprint density at radius 2 is 0.471 bits per heavy atom. The van der Waals surface area contributed by atoms with Crippen LogP contribution in [0.15, 0.2) is 0 Å². The molecule has 0 N–H and O–H groups in total. The molecule has 0 aromatic carbocycles. The van der Waals surface area contributed by atoms with E-state index in [0.29, 0.717) is 0 Å². The predicted octanol–water partition coefficient (Wildman–Crippen LogP) is -8.24. The van der Waals surface area contributed by atoms with E-state index in [1.54, 1.807) is 0 Å². The molecule has 17 heavy (non-hydrogen) atoms. The smallest absolute Gasteiger partial charge is 2.00 e. The van der Waals surface area contributed by atoms with Gasteiger partial charge in [0.05, 0.1) is 0 Å². The molecule has 17 heteroatoms. The average molecular weight is 651 g/mol. The Balaban J connectivity index is -0.0000000400. The van der Waals surface area contributed by atoms with Crippen molar-refractivity contribution >= 4 is 27.3 Å². The van der Waals surface area contributed by atoms with Crippen molar-refractivity contribution in [1.82, 2.24) is 0 Å². The summed E-state index contributed by atoms with van der Waals surface area (Å²) in [6.45, 7) is 0. The number of hydrogen-bond donors (Lipinski definition) is 0. The zero-order chi connectivity index (χ0) is 13.5. The van der Waals surface area contributed by atoms with Crippen molar-refractivity contribution in [1.29, 1.82) is 0 Å². The summed E-state index contributed by atoms with van der Waals surface area (Å²) in [5, 5.41) is 0. The third-order valence-electron chi connectivity index (χ3n) is 0. The van der Waals surface area contributed by atoms with Crippen LogP contribution in [0.4, 0.5) is 0 Å². The van der Waals surface area contributed by atoms with Crippen molar-refractivity contribution in [2.45, 2.75) is 0 Å². The van der Waals surface area contributed by atoms with E-state index < -0.39 is 40.8 Å². The molecule has 0 spiro atoms. The summed E-state index contributed by atoms with van der Waals surface area (Å²) in [6.07, 6.45) is 0. The Bertz CT molecular complexity index is 343. The van der Waals surface area contributed by atoms with E-state index in [1.807, 2.05) is 0 Å². The molecule has 0 saturated carbocycles. The van der Waals surface area contributed by atoms with Gasteiger partial charge in [0, 0.05) is 0 Å². The van der Waals surface area contributed by atoms with Gasteiger partial charge >= 0.3 is 137 Å². The van der Waals surface area contributed by atoms with E-state index in [0.717, 1.165) is 0 Å². The molecule has 0 atom stereocenters. The van der Waals surface area contributed by atoms with Crippen LogP contribution < -0.4 is 24.9 Å². The first-order valence-corrected chi connectivity index (χ1v) is 8.25.